The summed E-state index contributed by atoms with van der Waals surface area (Å²) in [5.74, 6) is 0.889. The summed E-state index contributed by atoms with van der Waals surface area (Å²) in [6, 6.07) is 0. The van der Waals surface area contributed by atoms with Crippen molar-refractivity contribution >= 4 is 21.7 Å². The molecule has 0 aliphatic rings. The van der Waals surface area contributed by atoms with Crippen LogP contribution >= 0.6 is 11.3 Å². The first kappa shape index (κ1) is 10.5. The second-order valence-electron chi connectivity index (χ2n) is 4.27. The van der Waals surface area contributed by atoms with Crippen molar-refractivity contribution in [3.63, 3.8) is 0 Å². The van der Waals surface area contributed by atoms with E-state index in [0.717, 1.165) is 21.0 Å². The summed E-state index contributed by atoms with van der Waals surface area (Å²) in [4.78, 5) is 13.1. The molecule has 0 saturated carbocycles. The van der Waals surface area contributed by atoms with E-state index in [1.807, 2.05) is 0 Å². The van der Waals surface area contributed by atoms with Crippen LogP contribution in [0.3, 0.4) is 0 Å². The van der Waals surface area contributed by atoms with E-state index in [1.54, 1.807) is 17.7 Å². The number of thiazole rings is 1. The molecule has 0 bridgehead atoms. The molecule has 80 valence electrons. The summed E-state index contributed by atoms with van der Waals surface area (Å²) in [6.45, 7) is 8.60. The molecule has 0 fully saturated rings. The summed E-state index contributed by atoms with van der Waals surface area (Å²) in [6.07, 6.45) is 1.61. The van der Waals surface area contributed by atoms with Gasteiger partial charge in [0.15, 0.2) is 5.65 Å². The van der Waals surface area contributed by atoms with Crippen LogP contribution in [0.1, 0.15) is 50.2 Å². The van der Waals surface area contributed by atoms with E-state index < -0.39 is 0 Å². The highest BCUT2D eigenvalue weighted by Crippen LogP contribution is 2.30. The molecule has 0 unspecified atom stereocenters. The predicted molar refractivity (Wildman–Crippen MR) is 63.4 cm³/mol. The van der Waals surface area contributed by atoms with Crippen LogP contribution < -0.4 is 0 Å². The molecule has 0 aromatic carbocycles. The van der Waals surface area contributed by atoms with Gasteiger partial charge in [0, 0.05) is 5.92 Å². The van der Waals surface area contributed by atoms with Gasteiger partial charge < -0.3 is 0 Å². The van der Waals surface area contributed by atoms with E-state index in [-0.39, 0.29) is 0 Å². The summed E-state index contributed by atoms with van der Waals surface area (Å²) in [5, 5.41) is 1.15. The van der Waals surface area contributed by atoms with Gasteiger partial charge in [0.1, 0.15) is 6.33 Å². The van der Waals surface area contributed by atoms with Crippen LogP contribution in [-0.2, 0) is 0 Å². The molecule has 0 amide bonds. The highest BCUT2D eigenvalue weighted by molar-refractivity contribution is 7.18. The van der Waals surface area contributed by atoms with Crippen molar-refractivity contribution in [2.24, 2.45) is 0 Å². The van der Waals surface area contributed by atoms with Crippen molar-refractivity contribution in [3.8, 4) is 0 Å². The number of hydrogen-bond acceptors (Lipinski definition) is 4. The van der Waals surface area contributed by atoms with Crippen LogP contribution in [0, 0.1) is 0 Å². The van der Waals surface area contributed by atoms with Crippen LogP contribution in [0.15, 0.2) is 6.33 Å². The minimum absolute atomic E-state index is 0.427. The van der Waals surface area contributed by atoms with Gasteiger partial charge in [-0.15, -0.1) is 11.3 Å². The fourth-order valence-corrected chi connectivity index (χ4v) is 2.60. The van der Waals surface area contributed by atoms with E-state index in [4.69, 9.17) is 0 Å². The van der Waals surface area contributed by atoms with Gasteiger partial charge in [0.05, 0.1) is 15.4 Å². The lowest BCUT2D eigenvalue weighted by molar-refractivity contribution is 0.829. The first-order chi connectivity index (χ1) is 7.09. The third kappa shape index (κ3) is 1.86. The summed E-state index contributed by atoms with van der Waals surface area (Å²) >= 11 is 1.72. The van der Waals surface area contributed by atoms with Gasteiger partial charge in [0.25, 0.3) is 0 Å². The molecule has 0 atom stereocenters. The number of rotatable bonds is 2. The first-order valence-electron chi connectivity index (χ1n) is 5.21. The van der Waals surface area contributed by atoms with E-state index in [9.17, 15) is 0 Å². The Balaban J connectivity index is 2.64. The number of hydrogen-bond donors (Lipinski definition) is 0. The second-order valence-corrected chi connectivity index (χ2v) is 5.30. The Hall–Kier alpha value is -1.03. The van der Waals surface area contributed by atoms with Crippen molar-refractivity contribution in [1.29, 1.82) is 0 Å². The van der Waals surface area contributed by atoms with Gasteiger partial charge in [-0.05, 0) is 5.92 Å². The van der Waals surface area contributed by atoms with E-state index in [2.05, 4.69) is 42.6 Å². The highest BCUT2D eigenvalue weighted by atomic mass is 32.1. The maximum Gasteiger partial charge on any atom is 0.174 e. The molecule has 2 aromatic heterocycles. The molecule has 2 aromatic rings. The van der Waals surface area contributed by atoms with E-state index in [1.165, 1.54) is 0 Å². The lowest BCUT2D eigenvalue weighted by atomic mass is 10.1. The zero-order chi connectivity index (χ0) is 11.0. The smallest absolute Gasteiger partial charge is 0.174 e. The van der Waals surface area contributed by atoms with Crippen LogP contribution in [0.25, 0.3) is 10.3 Å². The Morgan fingerprint density at radius 3 is 2.40 bits per heavy atom. The molecule has 2 rings (SSSR count). The lowest BCUT2D eigenvalue weighted by Gasteiger charge is -2.02. The molecule has 0 aliphatic carbocycles. The first-order valence-corrected chi connectivity index (χ1v) is 6.02. The Bertz CT molecular complexity index is 474. The number of nitrogens with zero attached hydrogens (tertiary/aromatic N) is 3. The topological polar surface area (TPSA) is 38.7 Å². The van der Waals surface area contributed by atoms with Crippen LogP contribution in [0.2, 0.25) is 0 Å². The molecule has 2 heterocycles. The second kappa shape index (κ2) is 3.85. The molecular formula is C11H15N3S. The Kier molecular flexibility index (Phi) is 2.69. The molecule has 3 nitrogen and oxygen atoms in total. The molecule has 0 radical (unpaired) electrons. The van der Waals surface area contributed by atoms with Gasteiger partial charge in [-0.2, -0.15) is 0 Å². The number of aromatic nitrogens is 3. The van der Waals surface area contributed by atoms with Gasteiger partial charge in [0.2, 0.25) is 0 Å². The van der Waals surface area contributed by atoms with Crippen LogP contribution in [-0.4, -0.2) is 15.0 Å². The Labute approximate surface area is 93.6 Å². The third-order valence-electron chi connectivity index (χ3n) is 2.28. The molecule has 15 heavy (non-hydrogen) atoms. The predicted octanol–water partition coefficient (Wildman–Crippen LogP) is 3.33. The highest BCUT2D eigenvalue weighted by Gasteiger charge is 2.14. The average Bonchev–Trinajstić information content (AvgIpc) is 2.60. The van der Waals surface area contributed by atoms with E-state index >= 15 is 0 Å². The Morgan fingerprint density at radius 1 is 1.07 bits per heavy atom. The van der Waals surface area contributed by atoms with Gasteiger partial charge in [-0.25, -0.2) is 15.0 Å². The molecule has 0 saturated heterocycles. The molecule has 4 heteroatoms. The quantitative estimate of drug-likeness (QED) is 0.780. The summed E-state index contributed by atoms with van der Waals surface area (Å²) < 4.78 is 1.15. The van der Waals surface area contributed by atoms with Crippen molar-refractivity contribution in [3.05, 3.63) is 17.0 Å². The molecule has 0 aliphatic heterocycles. The SMILES string of the molecule is CC(C)c1nc2ncnc(C(C)C)c2s1. The minimum atomic E-state index is 0.427. The van der Waals surface area contributed by atoms with Crippen molar-refractivity contribution in [1.82, 2.24) is 15.0 Å². The zero-order valence-electron chi connectivity index (χ0n) is 9.48. The molecule has 0 spiro atoms. The summed E-state index contributed by atoms with van der Waals surface area (Å²) in [7, 11) is 0. The van der Waals surface area contributed by atoms with Crippen LogP contribution in [0.5, 0.6) is 0 Å². The lowest BCUT2D eigenvalue weighted by Crippen LogP contribution is -1.93. The minimum Gasteiger partial charge on any atom is -0.239 e. The maximum atomic E-state index is 4.52. The third-order valence-corrected chi connectivity index (χ3v) is 3.64. The zero-order valence-corrected chi connectivity index (χ0v) is 10.3. The molecule has 0 N–H and O–H groups in total. The van der Waals surface area contributed by atoms with Crippen molar-refractivity contribution < 1.29 is 0 Å². The van der Waals surface area contributed by atoms with E-state index in [0.29, 0.717) is 11.8 Å². The number of fused-ring (bicyclic) bond motifs is 1. The molecular weight excluding hydrogens is 206 g/mol. The summed E-state index contributed by atoms with van der Waals surface area (Å²) in [5.41, 5.74) is 1.96. The largest absolute Gasteiger partial charge is 0.239 e. The standard InChI is InChI=1S/C11H15N3S/c1-6(2)8-9-10(13-5-12-8)14-11(15-9)7(3)4/h5-7H,1-4H3. The van der Waals surface area contributed by atoms with Gasteiger partial charge in [-0.1, -0.05) is 27.7 Å². The fourth-order valence-electron chi connectivity index (χ4n) is 1.45. The van der Waals surface area contributed by atoms with Crippen LogP contribution in [0.4, 0.5) is 0 Å². The normalized spacial score (nSPS) is 11.9. The van der Waals surface area contributed by atoms with Crippen molar-refractivity contribution in [2.75, 3.05) is 0 Å². The van der Waals surface area contributed by atoms with Gasteiger partial charge in [-0.3, -0.25) is 0 Å². The fraction of sp³-hybridized carbons (Fsp3) is 0.545. The maximum absolute atomic E-state index is 4.52. The Morgan fingerprint density at radius 2 is 1.80 bits per heavy atom. The van der Waals surface area contributed by atoms with Crippen molar-refractivity contribution in [2.45, 2.75) is 39.5 Å². The van der Waals surface area contributed by atoms with Gasteiger partial charge >= 0.3 is 0 Å². The monoisotopic (exact) mass is 221 g/mol. The average molecular weight is 221 g/mol.